The Morgan fingerprint density at radius 3 is 2.12 bits per heavy atom. The van der Waals surface area contributed by atoms with Crippen molar-refractivity contribution in [3.63, 3.8) is 0 Å². The van der Waals surface area contributed by atoms with E-state index in [9.17, 15) is 9.59 Å². The second kappa shape index (κ2) is 9.74. The molecule has 4 nitrogen and oxygen atoms in total. The number of aryl methyl sites for hydroxylation is 2. The first-order chi connectivity index (χ1) is 12.0. The fourth-order valence-corrected chi connectivity index (χ4v) is 2.52. The summed E-state index contributed by atoms with van der Waals surface area (Å²) < 4.78 is 0. The summed E-state index contributed by atoms with van der Waals surface area (Å²) in [5.41, 5.74) is 4.02. The Bertz CT molecular complexity index is 752. The minimum atomic E-state index is -0.300. The van der Waals surface area contributed by atoms with E-state index in [2.05, 4.69) is 23.8 Å². The van der Waals surface area contributed by atoms with Crippen LogP contribution in [-0.4, -0.2) is 16.8 Å². The molecule has 2 heterocycles. The Balaban J connectivity index is 0.000000228. The number of hydrogen-bond donors (Lipinski definition) is 1. The molecule has 1 aliphatic rings. The van der Waals surface area contributed by atoms with Crippen LogP contribution in [0.2, 0.25) is 5.15 Å². The molecule has 5 heteroatoms. The highest BCUT2D eigenvalue weighted by atomic mass is 35.5. The van der Waals surface area contributed by atoms with Crippen LogP contribution in [0, 0.1) is 6.92 Å². The molecule has 0 atom stereocenters. The summed E-state index contributed by atoms with van der Waals surface area (Å²) in [6.07, 6.45) is 2.71. The second-order valence-electron chi connectivity index (χ2n) is 5.00. The molecule has 0 aliphatic carbocycles. The van der Waals surface area contributed by atoms with E-state index in [1.54, 1.807) is 30.3 Å². The molecule has 1 N–H and O–H groups in total. The zero-order valence-electron chi connectivity index (χ0n) is 15.0. The van der Waals surface area contributed by atoms with Gasteiger partial charge >= 0.3 is 0 Å². The molecular formula is C20H23ClN2O2. The van der Waals surface area contributed by atoms with Gasteiger partial charge in [-0.15, -0.1) is 0 Å². The van der Waals surface area contributed by atoms with E-state index < -0.39 is 0 Å². The van der Waals surface area contributed by atoms with Gasteiger partial charge in [0.1, 0.15) is 5.15 Å². The maximum absolute atomic E-state index is 10.9. The van der Waals surface area contributed by atoms with Crippen LogP contribution in [0.25, 0.3) is 6.08 Å². The number of halogens is 1. The van der Waals surface area contributed by atoms with Crippen molar-refractivity contribution >= 4 is 29.5 Å². The molecule has 0 saturated carbocycles. The van der Waals surface area contributed by atoms with E-state index in [-0.39, 0.29) is 11.8 Å². The molecular weight excluding hydrogens is 336 g/mol. The minimum Gasteiger partial charge on any atom is -0.288 e. The standard InChI is InChI=1S/C10H12ClN.C8H5NO2.C2H6/c1-4-8-6-9(5-2)10(11)12-7(8)3;10-7-5-3-1-2-4-6(5)8(11)9-7;1-2/h4,6H,1,5H2,2-3H3;1-4H,(H,9,10,11);1-2H3. The van der Waals surface area contributed by atoms with Gasteiger partial charge in [0.25, 0.3) is 11.8 Å². The van der Waals surface area contributed by atoms with Gasteiger partial charge in [0.2, 0.25) is 0 Å². The van der Waals surface area contributed by atoms with E-state index in [0.717, 1.165) is 23.2 Å². The topological polar surface area (TPSA) is 59.1 Å². The lowest BCUT2D eigenvalue weighted by Crippen LogP contribution is -2.19. The lowest BCUT2D eigenvalue weighted by Gasteiger charge is -2.04. The number of carbonyl (C=O) groups excluding carboxylic acids is 2. The number of rotatable bonds is 2. The van der Waals surface area contributed by atoms with Crippen molar-refractivity contribution in [1.82, 2.24) is 10.3 Å². The first-order valence-electron chi connectivity index (χ1n) is 8.21. The predicted octanol–water partition coefficient (Wildman–Crippen LogP) is 4.85. The fourth-order valence-electron chi connectivity index (χ4n) is 2.21. The summed E-state index contributed by atoms with van der Waals surface area (Å²) in [6, 6.07) is 8.77. The molecule has 1 aliphatic heterocycles. The van der Waals surface area contributed by atoms with Gasteiger partial charge in [-0.3, -0.25) is 14.9 Å². The van der Waals surface area contributed by atoms with Gasteiger partial charge in [0.15, 0.2) is 0 Å². The van der Waals surface area contributed by atoms with Crippen molar-refractivity contribution in [2.75, 3.05) is 0 Å². The highest BCUT2D eigenvalue weighted by Gasteiger charge is 2.25. The maximum Gasteiger partial charge on any atom is 0.258 e. The lowest BCUT2D eigenvalue weighted by atomic mass is 10.1. The molecule has 0 radical (unpaired) electrons. The Hall–Kier alpha value is -2.46. The number of benzene rings is 1. The van der Waals surface area contributed by atoms with Crippen molar-refractivity contribution < 1.29 is 9.59 Å². The van der Waals surface area contributed by atoms with Gasteiger partial charge in [0, 0.05) is 5.69 Å². The number of imide groups is 1. The molecule has 0 spiro atoms. The molecule has 0 fully saturated rings. The highest BCUT2D eigenvalue weighted by molar-refractivity contribution is 6.30. The van der Waals surface area contributed by atoms with Crippen LogP contribution in [0.1, 0.15) is 58.3 Å². The summed E-state index contributed by atoms with van der Waals surface area (Å²) in [7, 11) is 0. The molecule has 0 bridgehead atoms. The van der Waals surface area contributed by atoms with Crippen molar-refractivity contribution in [3.05, 3.63) is 70.0 Å². The molecule has 1 aromatic heterocycles. The lowest BCUT2D eigenvalue weighted by molar-refractivity contribution is 0.0879. The van der Waals surface area contributed by atoms with E-state index in [1.165, 1.54) is 0 Å². The average Bonchev–Trinajstić information content (AvgIpc) is 2.92. The van der Waals surface area contributed by atoms with Gasteiger partial charge in [-0.1, -0.05) is 57.2 Å². The van der Waals surface area contributed by atoms with Gasteiger partial charge in [-0.2, -0.15) is 0 Å². The summed E-state index contributed by atoms with van der Waals surface area (Å²) in [5.74, 6) is -0.601. The van der Waals surface area contributed by atoms with Gasteiger partial charge in [-0.05, 0) is 42.7 Å². The third kappa shape index (κ3) is 5.00. The van der Waals surface area contributed by atoms with Crippen LogP contribution in [0.4, 0.5) is 0 Å². The van der Waals surface area contributed by atoms with Crippen LogP contribution in [0.15, 0.2) is 36.9 Å². The third-order valence-electron chi connectivity index (χ3n) is 3.52. The van der Waals surface area contributed by atoms with Crippen molar-refractivity contribution in [2.45, 2.75) is 34.1 Å². The summed E-state index contributed by atoms with van der Waals surface area (Å²) in [6.45, 7) is 11.7. The number of nitrogens with zero attached hydrogens (tertiary/aromatic N) is 1. The van der Waals surface area contributed by atoms with Crippen molar-refractivity contribution in [3.8, 4) is 0 Å². The van der Waals surface area contributed by atoms with E-state index in [4.69, 9.17) is 11.6 Å². The molecule has 25 heavy (non-hydrogen) atoms. The quantitative estimate of drug-likeness (QED) is 0.617. The number of pyridine rings is 1. The van der Waals surface area contributed by atoms with Gasteiger partial charge in [-0.25, -0.2) is 4.98 Å². The normalized spacial score (nSPS) is 11.4. The van der Waals surface area contributed by atoms with Crippen molar-refractivity contribution in [1.29, 1.82) is 0 Å². The summed E-state index contributed by atoms with van der Waals surface area (Å²) in [4.78, 5) is 26.1. The smallest absolute Gasteiger partial charge is 0.258 e. The summed E-state index contributed by atoms with van der Waals surface area (Å²) in [5, 5.41) is 2.82. The maximum atomic E-state index is 10.9. The van der Waals surface area contributed by atoms with Crippen molar-refractivity contribution in [2.24, 2.45) is 0 Å². The zero-order chi connectivity index (χ0) is 19.0. The van der Waals surface area contributed by atoms with Crippen LogP contribution >= 0.6 is 11.6 Å². The Morgan fingerprint density at radius 1 is 1.16 bits per heavy atom. The molecule has 132 valence electrons. The Labute approximate surface area is 153 Å². The predicted molar refractivity (Wildman–Crippen MR) is 103 cm³/mol. The second-order valence-corrected chi connectivity index (χ2v) is 5.36. The molecule has 3 rings (SSSR count). The Morgan fingerprint density at radius 2 is 1.68 bits per heavy atom. The monoisotopic (exact) mass is 358 g/mol. The first-order valence-corrected chi connectivity index (χ1v) is 8.58. The van der Waals surface area contributed by atoms with E-state index in [0.29, 0.717) is 16.3 Å². The number of amides is 2. The average molecular weight is 359 g/mol. The van der Waals surface area contributed by atoms with Gasteiger partial charge < -0.3 is 0 Å². The van der Waals surface area contributed by atoms with E-state index in [1.807, 2.05) is 26.8 Å². The Kier molecular flexibility index (Phi) is 8.02. The van der Waals surface area contributed by atoms with Crippen LogP contribution in [-0.2, 0) is 6.42 Å². The molecule has 2 amide bonds. The highest BCUT2D eigenvalue weighted by Crippen LogP contribution is 2.18. The van der Waals surface area contributed by atoms with Gasteiger partial charge in [0.05, 0.1) is 11.1 Å². The van der Waals surface area contributed by atoms with Crippen LogP contribution < -0.4 is 5.32 Å². The minimum absolute atomic E-state index is 0.300. The molecule has 1 aromatic carbocycles. The molecule has 0 unspecified atom stereocenters. The summed E-state index contributed by atoms with van der Waals surface area (Å²) >= 11 is 5.91. The number of hydrogen-bond acceptors (Lipinski definition) is 3. The third-order valence-corrected chi connectivity index (χ3v) is 3.85. The van der Waals surface area contributed by atoms with E-state index >= 15 is 0 Å². The molecule has 2 aromatic rings. The largest absolute Gasteiger partial charge is 0.288 e. The number of carbonyl (C=O) groups is 2. The zero-order valence-corrected chi connectivity index (χ0v) is 15.8. The number of nitrogens with one attached hydrogen (secondary N) is 1. The fraction of sp³-hybridized carbons (Fsp3) is 0.250. The number of aromatic nitrogens is 1. The first kappa shape index (κ1) is 20.6. The SMILES string of the molecule is C=Cc1cc(CC)c(Cl)nc1C.CC.O=C1NC(=O)c2ccccc21. The van der Waals surface area contributed by atoms with Crippen LogP contribution in [0.5, 0.6) is 0 Å². The number of fused-ring (bicyclic) bond motifs is 1. The van der Waals surface area contributed by atoms with Crippen LogP contribution in [0.3, 0.4) is 0 Å². The molecule has 0 saturated heterocycles.